The van der Waals surface area contributed by atoms with Gasteiger partial charge in [0.25, 0.3) is 0 Å². The normalized spacial score (nSPS) is 15.9. The Bertz CT molecular complexity index is 1090. The summed E-state index contributed by atoms with van der Waals surface area (Å²) in [6.07, 6.45) is 0. The summed E-state index contributed by atoms with van der Waals surface area (Å²) in [6, 6.07) is 19.1. The van der Waals surface area contributed by atoms with Gasteiger partial charge in [0.05, 0.1) is 24.9 Å². The molecule has 0 aliphatic carbocycles. The van der Waals surface area contributed by atoms with Crippen molar-refractivity contribution in [2.24, 2.45) is 0 Å². The number of aromatic nitrogens is 2. The maximum Gasteiger partial charge on any atom is 0.323 e. The first-order valence-electron chi connectivity index (χ1n) is 11.6. The zero-order chi connectivity index (χ0) is 23.9. The standard InChI is InChI=1S/C26H31N5O2S/c1-18(2)34-17-23-15-24(31-13-14-33-16-19(31)3)30-25(27-23)20-9-11-22(12-10-20)29-26(32)28-21-7-5-4-6-8-21/h4-12,15,18-19H,13-14,16-17H2,1-3H3,(H2,28,29,32)/t19-/m0/s1. The molecular formula is C26H31N5O2S. The molecule has 1 saturated heterocycles. The lowest BCUT2D eigenvalue weighted by Crippen LogP contribution is -2.44. The van der Waals surface area contributed by atoms with E-state index in [1.807, 2.05) is 66.4 Å². The average Bonchev–Trinajstić information content (AvgIpc) is 2.84. The number of nitrogens with zero attached hydrogens (tertiary/aromatic N) is 3. The van der Waals surface area contributed by atoms with Gasteiger partial charge >= 0.3 is 6.03 Å². The summed E-state index contributed by atoms with van der Waals surface area (Å²) >= 11 is 1.87. The Hall–Kier alpha value is -3.10. The first kappa shape index (κ1) is 24.0. The van der Waals surface area contributed by atoms with Crippen molar-refractivity contribution in [3.8, 4) is 11.4 Å². The molecule has 2 amide bonds. The molecule has 0 saturated carbocycles. The fourth-order valence-corrected chi connectivity index (χ4v) is 4.32. The molecule has 1 aliphatic heterocycles. The highest BCUT2D eigenvalue weighted by molar-refractivity contribution is 7.99. The molecule has 0 bridgehead atoms. The van der Waals surface area contributed by atoms with Crippen LogP contribution >= 0.6 is 11.8 Å². The quantitative estimate of drug-likeness (QED) is 0.457. The minimum Gasteiger partial charge on any atom is -0.377 e. The van der Waals surface area contributed by atoms with Crippen LogP contribution in [0.1, 0.15) is 26.5 Å². The molecule has 3 aromatic rings. The number of hydrogen-bond acceptors (Lipinski definition) is 6. The Morgan fingerprint density at radius 2 is 1.79 bits per heavy atom. The number of urea groups is 1. The lowest BCUT2D eigenvalue weighted by atomic mass is 10.2. The number of ether oxygens (including phenoxy) is 1. The fourth-order valence-electron chi connectivity index (χ4n) is 3.67. The Morgan fingerprint density at radius 1 is 1.09 bits per heavy atom. The van der Waals surface area contributed by atoms with E-state index < -0.39 is 0 Å². The highest BCUT2D eigenvalue weighted by Gasteiger charge is 2.22. The van der Waals surface area contributed by atoms with Gasteiger partial charge in [-0.25, -0.2) is 14.8 Å². The van der Waals surface area contributed by atoms with Crippen molar-refractivity contribution in [1.29, 1.82) is 0 Å². The summed E-state index contributed by atoms with van der Waals surface area (Å²) in [5.41, 5.74) is 3.37. The monoisotopic (exact) mass is 477 g/mol. The van der Waals surface area contributed by atoms with E-state index >= 15 is 0 Å². The Balaban J connectivity index is 1.53. The van der Waals surface area contributed by atoms with Gasteiger partial charge in [0.15, 0.2) is 5.82 Å². The highest BCUT2D eigenvalue weighted by atomic mass is 32.2. The van der Waals surface area contributed by atoms with Gasteiger partial charge < -0.3 is 20.3 Å². The van der Waals surface area contributed by atoms with Gasteiger partial charge in [0.1, 0.15) is 5.82 Å². The number of hydrogen-bond donors (Lipinski definition) is 2. The van der Waals surface area contributed by atoms with Crippen LogP contribution in [-0.2, 0) is 10.5 Å². The molecule has 1 fully saturated rings. The van der Waals surface area contributed by atoms with E-state index in [1.165, 1.54) is 0 Å². The number of morpholine rings is 1. The zero-order valence-electron chi connectivity index (χ0n) is 19.8. The van der Waals surface area contributed by atoms with Crippen LogP contribution < -0.4 is 15.5 Å². The van der Waals surface area contributed by atoms with Crippen LogP contribution in [0.3, 0.4) is 0 Å². The Morgan fingerprint density at radius 3 is 2.47 bits per heavy atom. The van der Waals surface area contributed by atoms with Crippen LogP contribution in [0.2, 0.25) is 0 Å². The summed E-state index contributed by atoms with van der Waals surface area (Å²) in [5.74, 6) is 2.46. The summed E-state index contributed by atoms with van der Waals surface area (Å²) < 4.78 is 5.61. The number of amides is 2. The van der Waals surface area contributed by atoms with Gasteiger partial charge in [-0.05, 0) is 48.6 Å². The maximum atomic E-state index is 12.3. The topological polar surface area (TPSA) is 79.4 Å². The van der Waals surface area contributed by atoms with Crippen molar-refractivity contribution in [2.75, 3.05) is 35.3 Å². The lowest BCUT2D eigenvalue weighted by Gasteiger charge is -2.34. The molecule has 178 valence electrons. The summed E-state index contributed by atoms with van der Waals surface area (Å²) in [6.45, 7) is 8.75. The van der Waals surface area contributed by atoms with Crippen LogP contribution in [0.5, 0.6) is 0 Å². The molecule has 34 heavy (non-hydrogen) atoms. The van der Waals surface area contributed by atoms with Crippen molar-refractivity contribution < 1.29 is 9.53 Å². The van der Waals surface area contributed by atoms with Crippen LogP contribution in [0.25, 0.3) is 11.4 Å². The van der Waals surface area contributed by atoms with Crippen molar-refractivity contribution in [1.82, 2.24) is 9.97 Å². The zero-order valence-corrected chi connectivity index (χ0v) is 20.6. The molecule has 7 nitrogen and oxygen atoms in total. The molecule has 1 atom stereocenters. The number of benzene rings is 2. The minimum absolute atomic E-state index is 0.261. The number of thioether (sulfide) groups is 1. The van der Waals surface area contributed by atoms with Gasteiger partial charge in [-0.3, -0.25) is 0 Å². The van der Waals surface area contributed by atoms with Gasteiger partial charge in [-0.2, -0.15) is 11.8 Å². The molecule has 0 unspecified atom stereocenters. The van der Waals surface area contributed by atoms with E-state index in [2.05, 4.69) is 42.4 Å². The fraction of sp³-hybridized carbons (Fsp3) is 0.346. The maximum absolute atomic E-state index is 12.3. The first-order valence-corrected chi connectivity index (χ1v) is 12.6. The van der Waals surface area contributed by atoms with Gasteiger partial charge in [0, 0.05) is 35.3 Å². The third kappa shape index (κ3) is 6.48. The largest absolute Gasteiger partial charge is 0.377 e. The third-order valence-electron chi connectivity index (χ3n) is 5.42. The first-order chi connectivity index (χ1) is 16.5. The van der Waals surface area contributed by atoms with Gasteiger partial charge in [-0.15, -0.1) is 0 Å². The number of nitrogens with one attached hydrogen (secondary N) is 2. The second kappa shape index (κ2) is 11.4. The molecule has 1 aromatic heterocycles. The van der Waals surface area contributed by atoms with Crippen LogP contribution in [0.15, 0.2) is 60.7 Å². The molecule has 2 N–H and O–H groups in total. The SMILES string of the molecule is CC(C)SCc1cc(N2CCOC[C@@H]2C)nc(-c2ccc(NC(=O)Nc3ccccc3)cc2)n1. The summed E-state index contributed by atoms with van der Waals surface area (Å²) in [5, 5.41) is 6.21. The van der Waals surface area contributed by atoms with E-state index in [9.17, 15) is 4.79 Å². The van der Waals surface area contributed by atoms with E-state index in [4.69, 9.17) is 14.7 Å². The Labute approximate surface area is 205 Å². The summed E-state index contributed by atoms with van der Waals surface area (Å²) in [7, 11) is 0. The Kier molecular flexibility index (Phi) is 8.03. The molecular weight excluding hydrogens is 446 g/mol. The number of carbonyl (C=O) groups excluding carboxylic acids is 1. The van der Waals surface area contributed by atoms with Crippen molar-refractivity contribution >= 4 is 35.0 Å². The third-order valence-corrected chi connectivity index (χ3v) is 6.55. The number of carbonyl (C=O) groups is 1. The predicted molar refractivity (Wildman–Crippen MR) is 141 cm³/mol. The number of rotatable bonds is 7. The van der Waals surface area contributed by atoms with Crippen molar-refractivity contribution in [3.05, 3.63) is 66.4 Å². The predicted octanol–water partition coefficient (Wildman–Crippen LogP) is 5.65. The van der Waals surface area contributed by atoms with Crippen LogP contribution in [-0.4, -0.2) is 47.0 Å². The molecule has 4 rings (SSSR count). The van der Waals surface area contributed by atoms with E-state index in [-0.39, 0.29) is 12.1 Å². The van der Waals surface area contributed by atoms with Crippen LogP contribution in [0, 0.1) is 0 Å². The molecule has 0 radical (unpaired) electrons. The van der Waals surface area contributed by atoms with Gasteiger partial charge in [0.2, 0.25) is 0 Å². The molecule has 8 heteroatoms. The van der Waals surface area contributed by atoms with Gasteiger partial charge in [-0.1, -0.05) is 32.0 Å². The molecule has 0 spiro atoms. The lowest BCUT2D eigenvalue weighted by molar-refractivity contribution is 0.0985. The summed E-state index contributed by atoms with van der Waals surface area (Å²) in [4.78, 5) is 24.3. The van der Waals surface area contributed by atoms with Crippen LogP contribution in [0.4, 0.5) is 22.0 Å². The molecule has 2 heterocycles. The molecule has 2 aromatic carbocycles. The minimum atomic E-state index is -0.286. The number of anilines is 3. The van der Waals surface area contributed by atoms with Crippen molar-refractivity contribution in [3.63, 3.8) is 0 Å². The van der Waals surface area contributed by atoms with E-state index in [1.54, 1.807) is 0 Å². The highest BCUT2D eigenvalue weighted by Crippen LogP contribution is 2.26. The average molecular weight is 478 g/mol. The van der Waals surface area contributed by atoms with Crippen molar-refractivity contribution in [2.45, 2.75) is 37.8 Å². The van der Waals surface area contributed by atoms with E-state index in [0.29, 0.717) is 30.0 Å². The van der Waals surface area contributed by atoms with E-state index in [0.717, 1.165) is 35.1 Å². The number of para-hydroxylation sites is 1. The second-order valence-corrected chi connectivity index (χ2v) is 10.1. The second-order valence-electron chi connectivity index (χ2n) is 8.54. The molecule has 1 aliphatic rings. The smallest absolute Gasteiger partial charge is 0.323 e.